The smallest absolute Gasteiger partial charge is 0.294 e. The van der Waals surface area contributed by atoms with Gasteiger partial charge in [-0.05, 0) is 13.8 Å². The van der Waals surface area contributed by atoms with Crippen LogP contribution in [0.1, 0.15) is 21.1 Å². The van der Waals surface area contributed by atoms with Crippen molar-refractivity contribution in [1.29, 1.82) is 0 Å². The molecule has 2 aromatic heterocycles. The first-order valence-electron chi connectivity index (χ1n) is 7.34. The normalized spacial score (nSPS) is 10.4. The highest BCUT2D eigenvalue weighted by atomic mass is 32.1. The zero-order valence-electron chi connectivity index (χ0n) is 13.9. The van der Waals surface area contributed by atoms with Crippen molar-refractivity contribution in [2.24, 2.45) is 0 Å². The van der Waals surface area contributed by atoms with Gasteiger partial charge >= 0.3 is 0 Å². The van der Waals surface area contributed by atoms with Gasteiger partial charge in [0.05, 0.1) is 11.4 Å². The number of hydrazine groups is 1. The van der Waals surface area contributed by atoms with Crippen LogP contribution in [-0.4, -0.2) is 33.4 Å². The predicted molar refractivity (Wildman–Crippen MR) is 94.2 cm³/mol. The molecule has 0 aliphatic carbocycles. The standard InChI is InChI=1S/C12H16N6O6S2/c1-7-9(3-5-23-17(19)20)25-11(13-7)15-16-12-14-8(2)10(26-12)4-6-24-18(21)22/h3-6H2,1-2H3,(H,13,15)(H,14,16). The zero-order chi connectivity index (χ0) is 19.1. The molecule has 2 aromatic rings. The van der Waals surface area contributed by atoms with Crippen LogP contribution in [-0.2, 0) is 22.5 Å². The zero-order valence-corrected chi connectivity index (χ0v) is 15.5. The number of hydrogen-bond donors (Lipinski definition) is 2. The van der Waals surface area contributed by atoms with E-state index in [1.807, 2.05) is 13.8 Å². The number of aryl methyl sites for hydroxylation is 2. The second kappa shape index (κ2) is 9.10. The van der Waals surface area contributed by atoms with E-state index in [2.05, 4.69) is 30.5 Å². The van der Waals surface area contributed by atoms with E-state index in [1.54, 1.807) is 0 Å². The fourth-order valence-electron chi connectivity index (χ4n) is 1.96. The van der Waals surface area contributed by atoms with Gasteiger partial charge in [-0.25, -0.2) is 9.97 Å². The Morgan fingerprint density at radius 1 is 0.885 bits per heavy atom. The molecule has 0 aromatic carbocycles. The Bertz CT molecular complexity index is 714. The molecule has 0 saturated heterocycles. The molecule has 0 fully saturated rings. The van der Waals surface area contributed by atoms with Gasteiger partial charge in [0.1, 0.15) is 13.2 Å². The Hall–Kier alpha value is -2.74. The van der Waals surface area contributed by atoms with Crippen molar-refractivity contribution in [3.63, 3.8) is 0 Å². The Kier molecular flexibility index (Phi) is 6.85. The molecule has 2 rings (SSSR count). The largest absolute Gasteiger partial charge is 0.314 e. The van der Waals surface area contributed by atoms with Crippen LogP contribution in [0.2, 0.25) is 0 Å². The number of thiazole rings is 2. The summed E-state index contributed by atoms with van der Waals surface area (Å²) in [7, 11) is 0. The molecule has 0 amide bonds. The molecule has 142 valence electrons. The number of hydrogen-bond acceptors (Lipinski definition) is 12. The number of aromatic nitrogens is 2. The summed E-state index contributed by atoms with van der Waals surface area (Å²) in [5.74, 6) is 0. The fourth-order valence-corrected chi connectivity index (χ4v) is 3.75. The molecule has 26 heavy (non-hydrogen) atoms. The van der Waals surface area contributed by atoms with Gasteiger partial charge in [-0.15, -0.1) is 42.9 Å². The maximum Gasteiger partial charge on any atom is 0.294 e. The van der Waals surface area contributed by atoms with Gasteiger partial charge in [-0.3, -0.25) is 10.9 Å². The summed E-state index contributed by atoms with van der Waals surface area (Å²) in [6, 6.07) is 0. The summed E-state index contributed by atoms with van der Waals surface area (Å²) in [5.41, 5.74) is 7.38. The molecule has 2 N–H and O–H groups in total. The molecule has 14 heteroatoms. The van der Waals surface area contributed by atoms with Crippen molar-refractivity contribution in [2.45, 2.75) is 26.7 Å². The lowest BCUT2D eigenvalue weighted by Gasteiger charge is -2.01. The minimum atomic E-state index is -0.823. The van der Waals surface area contributed by atoms with E-state index < -0.39 is 10.2 Å². The van der Waals surface area contributed by atoms with Gasteiger partial charge in [0.2, 0.25) is 10.3 Å². The Balaban J connectivity index is 1.86. The topological polar surface area (TPSA) is 155 Å². The van der Waals surface area contributed by atoms with Crippen molar-refractivity contribution in [2.75, 3.05) is 24.1 Å². The van der Waals surface area contributed by atoms with Crippen molar-refractivity contribution in [3.05, 3.63) is 41.4 Å². The van der Waals surface area contributed by atoms with Crippen molar-refractivity contribution < 1.29 is 19.8 Å². The molecule has 0 radical (unpaired) electrons. The van der Waals surface area contributed by atoms with E-state index in [9.17, 15) is 20.2 Å². The van der Waals surface area contributed by atoms with Crippen LogP contribution in [0.3, 0.4) is 0 Å². The minimum absolute atomic E-state index is 0.0237. The first-order valence-corrected chi connectivity index (χ1v) is 8.97. The van der Waals surface area contributed by atoms with E-state index in [0.29, 0.717) is 23.1 Å². The number of nitrogens with one attached hydrogen (secondary N) is 2. The van der Waals surface area contributed by atoms with Gasteiger partial charge in [0.25, 0.3) is 10.2 Å². The maximum absolute atomic E-state index is 10.2. The summed E-state index contributed by atoms with van der Waals surface area (Å²) in [6.07, 6.45) is 0.784. The van der Waals surface area contributed by atoms with Gasteiger partial charge in [-0.2, -0.15) is 0 Å². The quantitative estimate of drug-likeness (QED) is 0.420. The third kappa shape index (κ3) is 5.96. The highest BCUT2D eigenvalue weighted by molar-refractivity contribution is 7.16. The van der Waals surface area contributed by atoms with E-state index in [0.717, 1.165) is 21.1 Å². The van der Waals surface area contributed by atoms with E-state index in [-0.39, 0.29) is 13.2 Å². The van der Waals surface area contributed by atoms with Crippen molar-refractivity contribution in [3.8, 4) is 0 Å². The van der Waals surface area contributed by atoms with Crippen LogP contribution < -0.4 is 10.9 Å². The monoisotopic (exact) mass is 404 g/mol. The Morgan fingerprint density at radius 3 is 1.62 bits per heavy atom. The molecule has 0 bridgehead atoms. The summed E-state index contributed by atoms with van der Waals surface area (Å²) >= 11 is 2.71. The second-order valence-corrected chi connectivity index (χ2v) is 7.09. The van der Waals surface area contributed by atoms with Gasteiger partial charge in [0.15, 0.2) is 0 Å². The summed E-state index contributed by atoms with van der Waals surface area (Å²) < 4.78 is 0. The first-order chi connectivity index (χ1) is 12.3. The van der Waals surface area contributed by atoms with Gasteiger partial charge in [-0.1, -0.05) is 0 Å². The third-order valence-corrected chi connectivity index (χ3v) is 5.38. The molecule has 0 aliphatic rings. The lowest BCUT2D eigenvalue weighted by atomic mass is 10.3. The number of anilines is 2. The minimum Gasteiger partial charge on any atom is -0.314 e. The maximum atomic E-state index is 10.2. The van der Waals surface area contributed by atoms with E-state index in [4.69, 9.17) is 0 Å². The molecule has 2 heterocycles. The van der Waals surface area contributed by atoms with Crippen LogP contribution in [0, 0.1) is 34.1 Å². The molecule has 0 saturated carbocycles. The molecule has 0 atom stereocenters. The average Bonchev–Trinajstić information content (AvgIpc) is 3.08. The van der Waals surface area contributed by atoms with Crippen molar-refractivity contribution in [1.82, 2.24) is 9.97 Å². The molecular formula is C12H16N6O6S2. The molecule has 0 unspecified atom stereocenters. The summed E-state index contributed by atoms with van der Waals surface area (Å²) in [5, 5.41) is 19.9. The average molecular weight is 404 g/mol. The lowest BCUT2D eigenvalue weighted by Crippen LogP contribution is -2.07. The first kappa shape index (κ1) is 19.6. The summed E-state index contributed by atoms with van der Waals surface area (Å²) in [4.78, 5) is 39.4. The molecule has 12 nitrogen and oxygen atoms in total. The number of nitrogens with zero attached hydrogens (tertiary/aromatic N) is 4. The third-order valence-electron chi connectivity index (χ3n) is 3.11. The van der Waals surface area contributed by atoms with Crippen molar-refractivity contribution >= 4 is 32.9 Å². The molecular weight excluding hydrogens is 388 g/mol. The molecule has 0 spiro atoms. The van der Waals surface area contributed by atoms with Crippen LogP contribution in [0.25, 0.3) is 0 Å². The SMILES string of the molecule is Cc1nc(NNc2nc(C)c(CCO[N+](=O)[O-])s2)sc1CCO[N+](=O)[O-]. The van der Waals surface area contributed by atoms with E-state index in [1.165, 1.54) is 22.7 Å². The second-order valence-electron chi connectivity index (χ2n) is 4.92. The highest BCUT2D eigenvalue weighted by Gasteiger charge is 2.11. The summed E-state index contributed by atoms with van der Waals surface area (Å²) in [6.45, 7) is 3.57. The molecule has 0 aliphatic heterocycles. The van der Waals surface area contributed by atoms with E-state index >= 15 is 0 Å². The van der Waals surface area contributed by atoms with Gasteiger partial charge in [0, 0.05) is 22.6 Å². The highest BCUT2D eigenvalue weighted by Crippen LogP contribution is 2.26. The van der Waals surface area contributed by atoms with Gasteiger partial charge < -0.3 is 9.68 Å². The Morgan fingerprint density at radius 2 is 1.27 bits per heavy atom. The van der Waals surface area contributed by atoms with Crippen LogP contribution in [0.15, 0.2) is 0 Å². The Labute approximate surface area is 155 Å². The van der Waals surface area contributed by atoms with Crippen LogP contribution in [0.5, 0.6) is 0 Å². The lowest BCUT2D eigenvalue weighted by molar-refractivity contribution is -0.757. The fraction of sp³-hybridized carbons (Fsp3) is 0.500. The van der Waals surface area contributed by atoms with Crippen LogP contribution in [0.4, 0.5) is 10.3 Å². The van der Waals surface area contributed by atoms with Crippen LogP contribution >= 0.6 is 22.7 Å². The number of rotatable bonds is 11. The predicted octanol–water partition coefficient (Wildman–Crippen LogP) is 2.16.